The van der Waals surface area contributed by atoms with Gasteiger partial charge in [-0.2, -0.15) is 0 Å². The van der Waals surface area contributed by atoms with Crippen LogP contribution in [0.1, 0.15) is 86.9 Å². The summed E-state index contributed by atoms with van der Waals surface area (Å²) in [5.41, 5.74) is 3.48. The average Bonchev–Trinajstić information content (AvgIpc) is 2.95. The molecule has 0 aliphatic heterocycles. The average molecular weight is 545 g/mol. The fourth-order valence-electron chi connectivity index (χ4n) is 6.48. The molecule has 2 saturated carbocycles. The summed E-state index contributed by atoms with van der Waals surface area (Å²) in [4.78, 5) is 26.1. The van der Waals surface area contributed by atoms with Crippen LogP contribution in [-0.4, -0.2) is 25.2 Å². The third-order valence-electron chi connectivity index (χ3n) is 9.97. The molecular weight excluding hydrogens is 496 g/mol. The molecule has 1 aromatic rings. The molecule has 4 heteroatoms. The molecule has 6 atom stereocenters. The lowest BCUT2D eigenvalue weighted by molar-refractivity contribution is 0.0474. The largest absolute Gasteiger partial charge is 0.458 e. The lowest BCUT2D eigenvalue weighted by Gasteiger charge is -2.43. The van der Waals surface area contributed by atoms with Crippen LogP contribution in [0.3, 0.4) is 0 Å². The molecular formula is C36H48O4. The van der Waals surface area contributed by atoms with Gasteiger partial charge in [0.05, 0.1) is 11.1 Å². The molecule has 0 radical (unpaired) electrons. The van der Waals surface area contributed by atoms with Gasteiger partial charge in [-0.1, -0.05) is 70.4 Å². The van der Waals surface area contributed by atoms with E-state index in [0.29, 0.717) is 17.8 Å². The third-order valence-corrected chi connectivity index (χ3v) is 9.97. The van der Waals surface area contributed by atoms with Gasteiger partial charge in [0.15, 0.2) is 0 Å². The van der Waals surface area contributed by atoms with Gasteiger partial charge in [0.25, 0.3) is 0 Å². The number of benzene rings is 1. The van der Waals surface area contributed by atoms with Crippen LogP contribution in [0.4, 0.5) is 0 Å². The first-order valence-corrected chi connectivity index (χ1v) is 14.6. The topological polar surface area (TPSA) is 52.6 Å². The number of carbonyl (C=O) groups excluding carboxylic acids is 2. The second-order valence-corrected chi connectivity index (χ2v) is 12.7. The summed E-state index contributed by atoms with van der Waals surface area (Å²) in [5.74, 6) is 0.224. The summed E-state index contributed by atoms with van der Waals surface area (Å²) in [6.45, 7) is 29.8. The van der Waals surface area contributed by atoms with Crippen LogP contribution in [0.2, 0.25) is 0 Å². The van der Waals surface area contributed by atoms with Gasteiger partial charge in [-0.25, -0.2) is 9.59 Å². The molecule has 0 unspecified atom stereocenters. The van der Waals surface area contributed by atoms with E-state index in [-0.39, 0.29) is 41.1 Å². The third kappa shape index (κ3) is 6.95. The minimum absolute atomic E-state index is 0.0192. The Bertz CT molecular complexity index is 1170. The molecule has 0 saturated heterocycles. The number of hydrogen-bond donors (Lipinski definition) is 0. The Morgan fingerprint density at radius 3 is 1.73 bits per heavy atom. The van der Waals surface area contributed by atoms with Gasteiger partial charge in [-0.05, 0) is 103 Å². The second-order valence-electron chi connectivity index (χ2n) is 12.7. The molecule has 40 heavy (non-hydrogen) atoms. The number of hydrogen-bond acceptors (Lipinski definition) is 4. The molecule has 0 heterocycles. The van der Waals surface area contributed by atoms with Crippen LogP contribution in [0.15, 0.2) is 86.0 Å². The van der Waals surface area contributed by atoms with Crippen molar-refractivity contribution in [2.75, 3.05) is 13.2 Å². The molecule has 4 nitrogen and oxygen atoms in total. The molecule has 0 aromatic heterocycles. The smallest absolute Gasteiger partial charge is 0.339 e. The molecule has 0 amide bonds. The summed E-state index contributed by atoms with van der Waals surface area (Å²) in [6, 6.07) is 6.64. The minimum Gasteiger partial charge on any atom is -0.458 e. The summed E-state index contributed by atoms with van der Waals surface area (Å²) in [5, 5.41) is 0. The van der Waals surface area contributed by atoms with Gasteiger partial charge >= 0.3 is 11.9 Å². The first kappa shape index (κ1) is 31.4. The highest BCUT2D eigenvalue weighted by Gasteiger charge is 2.39. The van der Waals surface area contributed by atoms with Crippen LogP contribution in [0.25, 0.3) is 0 Å². The highest BCUT2D eigenvalue weighted by Crippen LogP contribution is 2.49. The van der Waals surface area contributed by atoms with Gasteiger partial charge < -0.3 is 9.47 Å². The van der Waals surface area contributed by atoms with E-state index in [4.69, 9.17) is 9.47 Å². The van der Waals surface area contributed by atoms with Gasteiger partial charge in [0.2, 0.25) is 0 Å². The number of ether oxygens (including phenoxy) is 2. The van der Waals surface area contributed by atoms with Crippen molar-refractivity contribution >= 4 is 11.9 Å². The maximum atomic E-state index is 13.1. The van der Waals surface area contributed by atoms with Crippen molar-refractivity contribution in [2.45, 2.75) is 66.2 Å². The molecule has 2 fully saturated rings. The SMILES string of the molecule is C=C[C@]1(C)CC[C@@H](C(=C)COC(=O)c2ccccc2C(=O)OCC(=C)[C@@H]2CC[C@@](C)(C=C)[C@H](C(=C)C)C2)C[C@H]1C. The van der Waals surface area contributed by atoms with Crippen LogP contribution in [0, 0.1) is 34.5 Å². The van der Waals surface area contributed by atoms with E-state index < -0.39 is 11.9 Å². The highest BCUT2D eigenvalue weighted by molar-refractivity contribution is 6.03. The van der Waals surface area contributed by atoms with Crippen molar-refractivity contribution in [3.05, 3.63) is 97.2 Å². The maximum absolute atomic E-state index is 13.1. The lowest BCUT2D eigenvalue weighted by atomic mass is 9.61. The Kier molecular flexibility index (Phi) is 10.2. The predicted molar refractivity (Wildman–Crippen MR) is 164 cm³/mol. The van der Waals surface area contributed by atoms with Crippen LogP contribution in [0.5, 0.6) is 0 Å². The zero-order valence-corrected chi connectivity index (χ0v) is 25.1. The van der Waals surface area contributed by atoms with E-state index in [9.17, 15) is 9.59 Å². The van der Waals surface area contributed by atoms with Gasteiger partial charge in [-0.3, -0.25) is 0 Å². The normalized spacial score (nSPS) is 30.0. The van der Waals surface area contributed by atoms with E-state index in [0.717, 1.165) is 55.2 Å². The summed E-state index contributed by atoms with van der Waals surface area (Å²) < 4.78 is 11.3. The monoisotopic (exact) mass is 544 g/mol. The van der Waals surface area contributed by atoms with E-state index in [1.165, 1.54) is 0 Å². The van der Waals surface area contributed by atoms with E-state index in [2.05, 4.69) is 66.7 Å². The number of esters is 2. The van der Waals surface area contributed by atoms with Gasteiger partial charge in [0.1, 0.15) is 13.2 Å². The minimum atomic E-state index is -0.555. The zero-order valence-electron chi connectivity index (χ0n) is 25.1. The van der Waals surface area contributed by atoms with Crippen molar-refractivity contribution in [1.82, 2.24) is 0 Å². The Morgan fingerprint density at radius 2 is 1.30 bits per heavy atom. The fourth-order valence-corrected chi connectivity index (χ4v) is 6.48. The second kappa shape index (κ2) is 13.0. The lowest BCUT2D eigenvalue weighted by Crippen LogP contribution is -2.34. The first-order chi connectivity index (χ1) is 18.8. The Hall–Kier alpha value is -3.14. The van der Waals surface area contributed by atoms with E-state index in [1.54, 1.807) is 24.3 Å². The van der Waals surface area contributed by atoms with Gasteiger partial charge in [-0.15, -0.1) is 13.2 Å². The van der Waals surface area contributed by atoms with Crippen molar-refractivity contribution in [3.63, 3.8) is 0 Å². The van der Waals surface area contributed by atoms with Crippen molar-refractivity contribution in [3.8, 4) is 0 Å². The number of carbonyl (C=O) groups is 2. The summed E-state index contributed by atoms with van der Waals surface area (Å²) in [6.07, 6.45) is 10.00. The summed E-state index contributed by atoms with van der Waals surface area (Å²) >= 11 is 0. The predicted octanol–water partition coefficient (Wildman–Crippen LogP) is 8.93. The maximum Gasteiger partial charge on any atom is 0.339 e. The van der Waals surface area contributed by atoms with Crippen LogP contribution >= 0.6 is 0 Å². The molecule has 0 bridgehead atoms. The van der Waals surface area contributed by atoms with E-state index in [1.807, 2.05) is 6.08 Å². The van der Waals surface area contributed by atoms with Gasteiger partial charge in [0, 0.05) is 0 Å². The fraction of sp³-hybridized carbons (Fsp3) is 0.500. The molecule has 0 N–H and O–H groups in total. The molecule has 1 aromatic carbocycles. The molecule has 216 valence electrons. The molecule has 2 aliphatic rings. The molecule has 2 aliphatic carbocycles. The highest BCUT2D eigenvalue weighted by atomic mass is 16.5. The Labute approximate surface area is 241 Å². The molecule has 0 spiro atoms. The Morgan fingerprint density at radius 1 is 0.850 bits per heavy atom. The first-order valence-electron chi connectivity index (χ1n) is 14.6. The zero-order chi connectivity index (χ0) is 29.7. The molecule has 3 rings (SSSR count). The number of rotatable bonds is 11. The number of allylic oxidation sites excluding steroid dienone is 3. The van der Waals surface area contributed by atoms with E-state index >= 15 is 0 Å². The van der Waals surface area contributed by atoms with Crippen molar-refractivity contribution < 1.29 is 19.1 Å². The van der Waals surface area contributed by atoms with Crippen LogP contribution < -0.4 is 0 Å². The van der Waals surface area contributed by atoms with Crippen molar-refractivity contribution in [2.24, 2.45) is 34.5 Å². The summed E-state index contributed by atoms with van der Waals surface area (Å²) in [7, 11) is 0. The Balaban J connectivity index is 1.57. The van der Waals surface area contributed by atoms with Crippen LogP contribution in [-0.2, 0) is 9.47 Å². The quantitative estimate of drug-likeness (QED) is 0.206. The van der Waals surface area contributed by atoms with Crippen molar-refractivity contribution in [1.29, 1.82) is 0 Å². The standard InChI is InChI=1S/C36H48O4/c1-10-35(8)18-16-28(20-27(35)7)25(5)22-39-33(37)30-14-12-13-15-31(30)34(38)40-23-26(6)29-17-19-36(9,11-2)32(21-29)24(3)4/h10-15,27-29,32H,1-3,5-6,16-23H2,4,7-9H3/t27-,28-,29-,32+,35-,36-/m1/s1.